The van der Waals surface area contributed by atoms with Crippen molar-refractivity contribution < 1.29 is 4.74 Å². The minimum Gasteiger partial charge on any atom is -0.470 e. The lowest BCUT2D eigenvalue weighted by molar-refractivity contribution is 0.225. The van der Waals surface area contributed by atoms with Gasteiger partial charge in [0.1, 0.15) is 5.75 Å². The van der Waals surface area contributed by atoms with Crippen LogP contribution < -0.4 is 4.74 Å². The van der Waals surface area contributed by atoms with Crippen molar-refractivity contribution >= 4 is 55.0 Å². The summed E-state index contributed by atoms with van der Waals surface area (Å²) in [6.07, 6.45) is 6.26. The van der Waals surface area contributed by atoms with Gasteiger partial charge < -0.3 is 4.74 Å². The van der Waals surface area contributed by atoms with E-state index in [0.29, 0.717) is 0 Å². The maximum atomic E-state index is 6.34. The van der Waals surface area contributed by atoms with Gasteiger partial charge in [-0.3, -0.25) is 0 Å². The first-order valence-corrected chi connectivity index (χ1v) is 9.81. The smallest absolute Gasteiger partial charge is 0.194 e. The molecular formula is C16H12Br2OS2. The Kier molecular flexibility index (Phi) is 4.94. The lowest BCUT2D eigenvalue weighted by atomic mass is 10.1. The standard InChI is InChI=1S/C16H12Br2OS2/c17-12-6-7-15(18)16(10-12,19-13-8-9-20-11-13)21-14-4-2-1-3-5-14/h1-11,15H. The molecule has 0 aliphatic heterocycles. The van der Waals surface area contributed by atoms with Gasteiger partial charge in [0, 0.05) is 14.8 Å². The number of ether oxygens (including phenoxy) is 1. The highest BCUT2D eigenvalue weighted by Crippen LogP contribution is 2.45. The van der Waals surface area contributed by atoms with E-state index in [1.165, 1.54) is 4.90 Å². The first-order valence-electron chi connectivity index (χ1n) is 6.34. The fraction of sp³-hybridized carbons (Fsp3) is 0.125. The maximum absolute atomic E-state index is 6.34. The summed E-state index contributed by atoms with van der Waals surface area (Å²) in [4.78, 5) is 0.733. The van der Waals surface area contributed by atoms with Crippen molar-refractivity contribution in [1.29, 1.82) is 0 Å². The number of rotatable bonds is 4. The first-order chi connectivity index (χ1) is 10.2. The SMILES string of the molecule is BrC1=CC(Oc2ccsc2)(Sc2ccccc2)C(Br)C=C1. The van der Waals surface area contributed by atoms with Crippen LogP contribution in [0.25, 0.3) is 0 Å². The molecule has 1 aliphatic rings. The minimum absolute atomic E-state index is 0.0800. The predicted molar refractivity (Wildman–Crippen MR) is 98.8 cm³/mol. The van der Waals surface area contributed by atoms with Crippen molar-refractivity contribution in [3.63, 3.8) is 0 Å². The third-order valence-electron chi connectivity index (χ3n) is 2.94. The number of alkyl halides is 1. The first kappa shape index (κ1) is 15.4. The Balaban J connectivity index is 1.96. The third-order valence-corrected chi connectivity index (χ3v) is 6.67. The van der Waals surface area contributed by atoms with Gasteiger partial charge >= 0.3 is 0 Å². The van der Waals surface area contributed by atoms with Crippen molar-refractivity contribution in [1.82, 2.24) is 0 Å². The number of thioether (sulfide) groups is 1. The number of hydrogen-bond donors (Lipinski definition) is 0. The maximum Gasteiger partial charge on any atom is 0.194 e. The fourth-order valence-corrected chi connectivity index (χ4v) is 5.02. The van der Waals surface area contributed by atoms with Crippen molar-refractivity contribution in [3.8, 4) is 5.75 Å². The molecule has 1 aliphatic carbocycles. The molecule has 3 rings (SSSR count). The average molecular weight is 444 g/mol. The Morgan fingerprint density at radius 1 is 1.19 bits per heavy atom. The van der Waals surface area contributed by atoms with Gasteiger partial charge in [-0.15, -0.1) is 11.3 Å². The van der Waals surface area contributed by atoms with Crippen molar-refractivity contribution in [2.45, 2.75) is 14.7 Å². The van der Waals surface area contributed by atoms with Crippen LogP contribution in [-0.4, -0.2) is 9.76 Å². The minimum atomic E-state index is -0.518. The molecule has 0 bridgehead atoms. The van der Waals surface area contributed by atoms with Crippen LogP contribution >= 0.6 is 55.0 Å². The van der Waals surface area contributed by atoms with E-state index in [-0.39, 0.29) is 4.83 Å². The molecule has 2 aromatic rings. The lowest BCUT2D eigenvalue weighted by Gasteiger charge is -2.35. The van der Waals surface area contributed by atoms with Crippen molar-refractivity contribution in [2.24, 2.45) is 0 Å². The van der Waals surface area contributed by atoms with Crippen LogP contribution in [0.4, 0.5) is 0 Å². The van der Waals surface area contributed by atoms with E-state index in [1.54, 1.807) is 23.1 Å². The topological polar surface area (TPSA) is 9.23 Å². The zero-order valence-electron chi connectivity index (χ0n) is 10.9. The van der Waals surface area contributed by atoms with E-state index in [4.69, 9.17) is 4.74 Å². The van der Waals surface area contributed by atoms with Crippen LogP contribution in [0.5, 0.6) is 5.75 Å². The summed E-state index contributed by atoms with van der Waals surface area (Å²) < 4.78 is 7.36. The highest BCUT2D eigenvalue weighted by molar-refractivity contribution is 9.12. The highest BCUT2D eigenvalue weighted by atomic mass is 79.9. The zero-order valence-corrected chi connectivity index (χ0v) is 15.7. The molecule has 0 radical (unpaired) electrons. The molecule has 2 unspecified atom stereocenters. The van der Waals surface area contributed by atoms with Gasteiger partial charge in [0.25, 0.3) is 0 Å². The molecule has 2 atom stereocenters. The highest BCUT2D eigenvalue weighted by Gasteiger charge is 2.40. The number of hydrogen-bond acceptors (Lipinski definition) is 3. The van der Waals surface area contributed by atoms with Gasteiger partial charge in [-0.25, -0.2) is 0 Å². The molecule has 5 heteroatoms. The van der Waals surface area contributed by atoms with Crippen LogP contribution in [0.3, 0.4) is 0 Å². The normalized spacial score (nSPS) is 24.7. The molecule has 0 fully saturated rings. The zero-order chi connectivity index (χ0) is 14.7. The second-order valence-corrected chi connectivity index (χ2v) is 8.48. The summed E-state index contributed by atoms with van der Waals surface area (Å²) in [5.41, 5.74) is 0. The second-order valence-electron chi connectivity index (χ2n) is 4.49. The number of halogens is 2. The van der Waals surface area contributed by atoms with E-state index in [2.05, 4.69) is 56.1 Å². The lowest BCUT2D eigenvalue weighted by Crippen LogP contribution is -2.40. The fourth-order valence-electron chi connectivity index (χ4n) is 1.99. The summed E-state index contributed by atoms with van der Waals surface area (Å²) in [7, 11) is 0. The summed E-state index contributed by atoms with van der Waals surface area (Å²) in [6, 6.07) is 12.3. The van der Waals surface area contributed by atoms with Gasteiger partial charge in [0.15, 0.2) is 4.93 Å². The quantitative estimate of drug-likeness (QED) is 0.409. The summed E-state index contributed by atoms with van der Waals surface area (Å²) >= 11 is 10.7. The van der Waals surface area contributed by atoms with E-state index in [9.17, 15) is 0 Å². The van der Waals surface area contributed by atoms with Crippen LogP contribution in [0.2, 0.25) is 0 Å². The average Bonchev–Trinajstić information content (AvgIpc) is 2.97. The number of thiophene rings is 1. The number of benzene rings is 1. The molecule has 0 spiro atoms. The van der Waals surface area contributed by atoms with E-state index >= 15 is 0 Å². The molecule has 0 N–H and O–H groups in total. The van der Waals surface area contributed by atoms with Crippen LogP contribution in [-0.2, 0) is 0 Å². The van der Waals surface area contributed by atoms with Gasteiger partial charge in [-0.05, 0) is 29.7 Å². The molecule has 1 heterocycles. The van der Waals surface area contributed by atoms with Gasteiger partial charge in [-0.2, -0.15) is 0 Å². The van der Waals surface area contributed by atoms with Gasteiger partial charge in [-0.1, -0.05) is 74.0 Å². The van der Waals surface area contributed by atoms with Crippen molar-refractivity contribution in [3.05, 3.63) is 69.9 Å². The predicted octanol–water partition coefficient (Wildman–Crippen LogP) is 6.23. The molecule has 0 saturated heterocycles. The van der Waals surface area contributed by atoms with Gasteiger partial charge in [0.05, 0.1) is 4.83 Å². The molecule has 0 amide bonds. The third kappa shape index (κ3) is 3.65. The Bertz CT molecular complexity index is 652. The second kappa shape index (κ2) is 6.73. The van der Waals surface area contributed by atoms with Crippen LogP contribution in [0.1, 0.15) is 0 Å². The van der Waals surface area contributed by atoms with E-state index in [1.807, 2.05) is 41.1 Å². The molecule has 108 valence electrons. The van der Waals surface area contributed by atoms with Crippen molar-refractivity contribution in [2.75, 3.05) is 0 Å². The largest absolute Gasteiger partial charge is 0.470 e. The van der Waals surface area contributed by atoms with E-state index < -0.39 is 4.93 Å². The molecule has 1 aromatic carbocycles. The molecule has 21 heavy (non-hydrogen) atoms. The van der Waals surface area contributed by atoms with E-state index in [0.717, 1.165) is 10.2 Å². The molecular weight excluding hydrogens is 432 g/mol. The Labute approximate surface area is 149 Å². The molecule has 1 nitrogen and oxygen atoms in total. The van der Waals surface area contributed by atoms with Crippen LogP contribution in [0, 0.1) is 0 Å². The summed E-state index contributed by atoms with van der Waals surface area (Å²) in [5.74, 6) is 0.889. The molecule has 0 saturated carbocycles. The Morgan fingerprint density at radius 3 is 2.71 bits per heavy atom. The van der Waals surface area contributed by atoms with Gasteiger partial charge in [0.2, 0.25) is 0 Å². The van der Waals surface area contributed by atoms with Crippen LogP contribution in [0.15, 0.2) is 74.8 Å². The molecule has 1 aromatic heterocycles. The monoisotopic (exact) mass is 442 g/mol. The number of allylic oxidation sites excluding steroid dienone is 2. The summed E-state index contributed by atoms with van der Waals surface area (Å²) in [6.45, 7) is 0. The Morgan fingerprint density at radius 2 is 2.00 bits per heavy atom. The summed E-state index contributed by atoms with van der Waals surface area (Å²) in [5, 5.41) is 4.05. The Hall–Kier alpha value is -0.490.